The summed E-state index contributed by atoms with van der Waals surface area (Å²) < 4.78 is 0.822. The standard InChI is InChI=1S/C10H14N2O3S2/c1-6-7(5-9(14)15)17-10(12-6)16-4-3-8(13)11-2/h3-5H2,1-2H3,(H,11,13)(H,14,15). The second-order valence-electron chi connectivity index (χ2n) is 3.33. The van der Waals surface area contributed by atoms with Crippen LogP contribution in [0.15, 0.2) is 4.34 Å². The van der Waals surface area contributed by atoms with Gasteiger partial charge in [0.05, 0.1) is 12.1 Å². The maximum Gasteiger partial charge on any atom is 0.308 e. The molecule has 94 valence electrons. The lowest BCUT2D eigenvalue weighted by Crippen LogP contribution is -2.17. The summed E-state index contributed by atoms with van der Waals surface area (Å²) in [6, 6.07) is 0. The zero-order valence-corrected chi connectivity index (χ0v) is 11.3. The maximum atomic E-state index is 11.0. The number of carbonyl (C=O) groups is 2. The number of nitrogens with one attached hydrogen (secondary N) is 1. The van der Waals surface area contributed by atoms with Crippen LogP contribution in [-0.2, 0) is 16.0 Å². The van der Waals surface area contributed by atoms with Gasteiger partial charge in [-0.15, -0.1) is 11.3 Å². The van der Waals surface area contributed by atoms with Crippen LogP contribution in [0, 0.1) is 6.92 Å². The first-order chi connectivity index (χ1) is 8.02. The molecule has 1 aromatic rings. The van der Waals surface area contributed by atoms with Crippen molar-refractivity contribution < 1.29 is 14.7 Å². The van der Waals surface area contributed by atoms with Gasteiger partial charge in [0, 0.05) is 24.1 Å². The van der Waals surface area contributed by atoms with Gasteiger partial charge in [-0.1, -0.05) is 11.8 Å². The molecule has 1 rings (SSSR count). The van der Waals surface area contributed by atoms with Gasteiger partial charge < -0.3 is 10.4 Å². The van der Waals surface area contributed by atoms with E-state index in [0.717, 1.165) is 14.9 Å². The fourth-order valence-electron chi connectivity index (χ4n) is 1.12. The molecule has 0 aliphatic rings. The molecule has 0 unspecified atom stereocenters. The molecule has 0 saturated heterocycles. The average Bonchev–Trinajstić information content (AvgIpc) is 2.58. The van der Waals surface area contributed by atoms with E-state index in [1.165, 1.54) is 23.1 Å². The zero-order chi connectivity index (χ0) is 12.8. The number of hydrogen-bond donors (Lipinski definition) is 2. The van der Waals surface area contributed by atoms with Gasteiger partial charge in [0.2, 0.25) is 5.91 Å². The lowest BCUT2D eigenvalue weighted by Gasteiger charge is -1.96. The smallest absolute Gasteiger partial charge is 0.308 e. The number of nitrogens with zero attached hydrogens (tertiary/aromatic N) is 1. The topological polar surface area (TPSA) is 79.3 Å². The third kappa shape index (κ3) is 4.74. The monoisotopic (exact) mass is 274 g/mol. The van der Waals surface area contributed by atoms with Crippen LogP contribution in [0.25, 0.3) is 0 Å². The molecular formula is C10H14N2O3S2. The quantitative estimate of drug-likeness (QED) is 0.765. The summed E-state index contributed by atoms with van der Waals surface area (Å²) in [5, 5.41) is 11.2. The molecule has 0 atom stereocenters. The van der Waals surface area contributed by atoms with Crippen LogP contribution in [0.1, 0.15) is 17.0 Å². The van der Waals surface area contributed by atoms with Gasteiger partial charge >= 0.3 is 5.97 Å². The second kappa shape index (κ2) is 6.61. The van der Waals surface area contributed by atoms with Gasteiger partial charge in [0.1, 0.15) is 4.34 Å². The first kappa shape index (κ1) is 14.0. The highest BCUT2D eigenvalue weighted by Gasteiger charge is 2.11. The van der Waals surface area contributed by atoms with Crippen molar-refractivity contribution in [1.82, 2.24) is 10.3 Å². The van der Waals surface area contributed by atoms with E-state index < -0.39 is 5.97 Å². The maximum absolute atomic E-state index is 11.0. The molecule has 0 aliphatic heterocycles. The highest BCUT2D eigenvalue weighted by Crippen LogP contribution is 2.27. The number of carbonyl (C=O) groups excluding carboxylic acids is 1. The van der Waals surface area contributed by atoms with Crippen LogP contribution < -0.4 is 5.32 Å². The number of amides is 1. The Morgan fingerprint density at radius 3 is 2.82 bits per heavy atom. The van der Waals surface area contributed by atoms with E-state index in [-0.39, 0.29) is 12.3 Å². The highest BCUT2D eigenvalue weighted by atomic mass is 32.2. The van der Waals surface area contributed by atoms with Crippen molar-refractivity contribution >= 4 is 35.0 Å². The van der Waals surface area contributed by atoms with Crippen LogP contribution in [0.3, 0.4) is 0 Å². The lowest BCUT2D eigenvalue weighted by molar-refractivity contribution is -0.136. The summed E-state index contributed by atoms with van der Waals surface area (Å²) in [7, 11) is 1.60. The SMILES string of the molecule is CNC(=O)CCSc1nc(C)c(CC(=O)O)s1. The van der Waals surface area contributed by atoms with Crippen LogP contribution >= 0.6 is 23.1 Å². The Morgan fingerprint density at radius 2 is 2.24 bits per heavy atom. The fraction of sp³-hybridized carbons (Fsp3) is 0.500. The van der Waals surface area contributed by atoms with Crippen LogP contribution in [0.2, 0.25) is 0 Å². The van der Waals surface area contributed by atoms with Crippen molar-refractivity contribution in [3.63, 3.8) is 0 Å². The Bertz CT molecular complexity index is 418. The molecule has 0 fully saturated rings. The molecule has 1 aromatic heterocycles. The Hall–Kier alpha value is -1.08. The van der Waals surface area contributed by atoms with E-state index in [2.05, 4.69) is 10.3 Å². The molecule has 0 spiro atoms. The third-order valence-corrected chi connectivity index (χ3v) is 4.32. The second-order valence-corrected chi connectivity index (χ2v) is 5.76. The predicted molar refractivity (Wildman–Crippen MR) is 67.6 cm³/mol. The van der Waals surface area contributed by atoms with Gasteiger partial charge in [0.15, 0.2) is 0 Å². The summed E-state index contributed by atoms with van der Waals surface area (Å²) in [6.45, 7) is 1.80. The molecule has 7 heteroatoms. The van der Waals surface area contributed by atoms with E-state index in [0.29, 0.717) is 12.2 Å². The molecule has 17 heavy (non-hydrogen) atoms. The van der Waals surface area contributed by atoms with Crippen LogP contribution in [0.5, 0.6) is 0 Å². The molecular weight excluding hydrogens is 260 g/mol. The first-order valence-corrected chi connectivity index (χ1v) is 6.84. The number of thioether (sulfide) groups is 1. The number of thiazole rings is 1. The van der Waals surface area contributed by atoms with E-state index >= 15 is 0 Å². The van der Waals surface area contributed by atoms with Crippen LogP contribution in [-0.4, -0.2) is 34.8 Å². The first-order valence-electron chi connectivity index (χ1n) is 5.04. The normalized spacial score (nSPS) is 10.2. The third-order valence-electron chi connectivity index (χ3n) is 2.02. The number of carboxylic acid groups (broad SMARTS) is 1. The number of aromatic nitrogens is 1. The summed E-state index contributed by atoms with van der Waals surface area (Å²) >= 11 is 2.87. The van der Waals surface area contributed by atoms with E-state index in [9.17, 15) is 9.59 Å². The summed E-state index contributed by atoms with van der Waals surface area (Å²) in [4.78, 5) is 26.6. The molecule has 1 amide bonds. The van der Waals surface area contributed by atoms with Crippen molar-refractivity contribution in [3.8, 4) is 0 Å². The Labute approximate surface area is 108 Å². The number of rotatable bonds is 6. The van der Waals surface area contributed by atoms with Crippen molar-refractivity contribution in [3.05, 3.63) is 10.6 Å². The van der Waals surface area contributed by atoms with Gasteiger partial charge in [0.25, 0.3) is 0 Å². The number of aliphatic carboxylic acids is 1. The Kier molecular flexibility index (Phi) is 5.43. The number of carboxylic acids is 1. The Morgan fingerprint density at radius 1 is 1.53 bits per heavy atom. The summed E-state index contributed by atoms with van der Waals surface area (Å²) in [5.74, 6) is -0.200. The molecule has 5 nitrogen and oxygen atoms in total. The summed E-state index contributed by atoms with van der Waals surface area (Å²) in [6.07, 6.45) is 0.452. The van der Waals surface area contributed by atoms with Gasteiger partial charge in [-0.2, -0.15) is 0 Å². The van der Waals surface area contributed by atoms with Crippen molar-refractivity contribution in [1.29, 1.82) is 0 Å². The van der Waals surface area contributed by atoms with E-state index in [1.54, 1.807) is 14.0 Å². The molecule has 2 N–H and O–H groups in total. The van der Waals surface area contributed by atoms with Crippen molar-refractivity contribution in [2.45, 2.75) is 24.1 Å². The van der Waals surface area contributed by atoms with Crippen molar-refractivity contribution in [2.24, 2.45) is 0 Å². The minimum atomic E-state index is -0.848. The van der Waals surface area contributed by atoms with Crippen LogP contribution in [0.4, 0.5) is 0 Å². The minimum absolute atomic E-state index is 0.00321. The lowest BCUT2D eigenvalue weighted by atomic mass is 10.3. The largest absolute Gasteiger partial charge is 0.481 e. The molecule has 0 aromatic carbocycles. The molecule has 0 aliphatic carbocycles. The molecule has 1 heterocycles. The van der Waals surface area contributed by atoms with Gasteiger partial charge in [-0.3, -0.25) is 9.59 Å². The van der Waals surface area contributed by atoms with E-state index in [4.69, 9.17) is 5.11 Å². The molecule has 0 saturated carbocycles. The predicted octanol–water partition coefficient (Wildman–Crippen LogP) is 1.31. The molecule has 0 bridgehead atoms. The van der Waals surface area contributed by atoms with Crippen molar-refractivity contribution in [2.75, 3.05) is 12.8 Å². The Balaban J connectivity index is 2.49. The number of aryl methyl sites for hydroxylation is 1. The molecule has 0 radical (unpaired) electrons. The fourth-order valence-corrected chi connectivity index (χ4v) is 3.35. The minimum Gasteiger partial charge on any atom is -0.481 e. The van der Waals surface area contributed by atoms with Gasteiger partial charge in [-0.25, -0.2) is 4.98 Å². The number of hydrogen-bond acceptors (Lipinski definition) is 5. The van der Waals surface area contributed by atoms with Gasteiger partial charge in [-0.05, 0) is 6.92 Å². The van der Waals surface area contributed by atoms with E-state index in [1.807, 2.05) is 0 Å². The average molecular weight is 274 g/mol. The zero-order valence-electron chi connectivity index (χ0n) is 9.65. The summed E-state index contributed by atoms with van der Waals surface area (Å²) in [5.41, 5.74) is 0.764. The highest BCUT2D eigenvalue weighted by molar-refractivity contribution is 8.01.